The average molecular weight is 309 g/mol. The molecule has 0 aliphatic heterocycles. The second-order valence-electron chi connectivity index (χ2n) is 4.28. The van der Waals surface area contributed by atoms with Gasteiger partial charge in [-0.2, -0.15) is 0 Å². The lowest BCUT2D eigenvalue weighted by molar-refractivity contribution is 0.414. The van der Waals surface area contributed by atoms with Crippen LogP contribution in [0.5, 0.6) is 5.75 Å². The van der Waals surface area contributed by atoms with Gasteiger partial charge in [0.2, 0.25) is 0 Å². The zero-order chi connectivity index (χ0) is 14.4. The fourth-order valence-electron chi connectivity index (χ4n) is 1.85. The van der Waals surface area contributed by atoms with Crippen LogP contribution >= 0.6 is 23.1 Å². The average Bonchev–Trinajstić information content (AvgIpc) is 2.89. The number of aryl methyl sites for hydroxylation is 1. The van der Waals surface area contributed by atoms with Crippen molar-refractivity contribution in [2.75, 3.05) is 19.4 Å². The van der Waals surface area contributed by atoms with E-state index in [1.807, 2.05) is 19.1 Å². The maximum Gasteiger partial charge on any atom is 0.174 e. The molecule has 1 N–H and O–H groups in total. The van der Waals surface area contributed by atoms with Crippen LogP contribution in [0.2, 0.25) is 0 Å². The number of thioether (sulfide) groups is 1. The summed E-state index contributed by atoms with van der Waals surface area (Å²) in [6.07, 6.45) is 0. The highest BCUT2D eigenvalue weighted by Gasteiger charge is 2.12. The maximum absolute atomic E-state index is 5.20. The highest BCUT2D eigenvalue weighted by atomic mass is 32.2. The predicted octanol–water partition coefficient (Wildman–Crippen LogP) is 3.30. The molecule has 20 heavy (non-hydrogen) atoms. The van der Waals surface area contributed by atoms with E-state index in [0.717, 1.165) is 27.4 Å². The van der Waals surface area contributed by atoms with Crippen molar-refractivity contribution >= 4 is 23.1 Å². The number of ether oxygens (including phenoxy) is 1. The van der Waals surface area contributed by atoms with Gasteiger partial charge in [0.15, 0.2) is 4.34 Å². The molecule has 1 aromatic heterocycles. The van der Waals surface area contributed by atoms with Crippen molar-refractivity contribution in [3.8, 4) is 5.75 Å². The van der Waals surface area contributed by atoms with Crippen LogP contribution in [-0.2, 0) is 0 Å². The second-order valence-corrected chi connectivity index (χ2v) is 6.73. The van der Waals surface area contributed by atoms with Crippen LogP contribution in [0.3, 0.4) is 0 Å². The van der Waals surface area contributed by atoms with E-state index < -0.39 is 0 Å². The number of nitrogens with zero attached hydrogens (tertiary/aromatic N) is 2. The molecule has 1 atom stereocenters. The van der Waals surface area contributed by atoms with Crippen LogP contribution in [0.15, 0.2) is 28.6 Å². The molecule has 0 fully saturated rings. The van der Waals surface area contributed by atoms with Crippen molar-refractivity contribution in [2.24, 2.45) is 0 Å². The number of hydrogen-bond acceptors (Lipinski definition) is 6. The highest BCUT2D eigenvalue weighted by molar-refractivity contribution is 8.01. The zero-order valence-electron chi connectivity index (χ0n) is 11.9. The van der Waals surface area contributed by atoms with Crippen LogP contribution in [0.4, 0.5) is 0 Å². The van der Waals surface area contributed by atoms with Gasteiger partial charge in [0, 0.05) is 11.8 Å². The standard InChI is InChI=1S/C14H19N3OS2/c1-4-15-13(9-19-14-17-16-10(2)20-14)11-5-7-12(18-3)8-6-11/h5-8,13,15H,4,9H2,1-3H3. The molecule has 0 bridgehead atoms. The quantitative estimate of drug-likeness (QED) is 0.795. The summed E-state index contributed by atoms with van der Waals surface area (Å²) in [5.41, 5.74) is 1.27. The summed E-state index contributed by atoms with van der Waals surface area (Å²) in [5, 5.41) is 12.7. The number of nitrogens with one attached hydrogen (secondary N) is 1. The van der Waals surface area contributed by atoms with E-state index in [2.05, 4.69) is 34.6 Å². The molecule has 0 radical (unpaired) electrons. The van der Waals surface area contributed by atoms with Gasteiger partial charge in [0.05, 0.1) is 7.11 Å². The van der Waals surface area contributed by atoms with Crippen LogP contribution in [0.1, 0.15) is 23.5 Å². The van der Waals surface area contributed by atoms with Gasteiger partial charge in [-0.25, -0.2) is 0 Å². The molecule has 2 rings (SSSR count). The Kier molecular flexibility index (Phi) is 5.82. The van der Waals surface area contributed by atoms with E-state index >= 15 is 0 Å². The summed E-state index contributed by atoms with van der Waals surface area (Å²) in [5.74, 6) is 1.82. The van der Waals surface area contributed by atoms with Crippen molar-refractivity contribution in [1.29, 1.82) is 0 Å². The van der Waals surface area contributed by atoms with E-state index in [-0.39, 0.29) is 0 Å². The molecule has 4 nitrogen and oxygen atoms in total. The van der Waals surface area contributed by atoms with E-state index in [4.69, 9.17) is 4.74 Å². The summed E-state index contributed by atoms with van der Waals surface area (Å²) in [6.45, 7) is 5.04. The first-order valence-corrected chi connectivity index (χ1v) is 8.33. The summed E-state index contributed by atoms with van der Waals surface area (Å²) in [4.78, 5) is 0. The minimum absolute atomic E-state index is 0.306. The normalized spacial score (nSPS) is 12.3. The molecule has 0 aliphatic rings. The van der Waals surface area contributed by atoms with Crippen molar-refractivity contribution < 1.29 is 4.74 Å². The second kappa shape index (κ2) is 7.61. The maximum atomic E-state index is 5.20. The fraction of sp³-hybridized carbons (Fsp3) is 0.429. The molecule has 0 saturated carbocycles. The topological polar surface area (TPSA) is 47.0 Å². The largest absolute Gasteiger partial charge is 0.497 e. The predicted molar refractivity (Wildman–Crippen MR) is 84.8 cm³/mol. The van der Waals surface area contributed by atoms with Gasteiger partial charge in [0.1, 0.15) is 10.8 Å². The number of hydrogen-bond donors (Lipinski definition) is 1. The van der Waals surface area contributed by atoms with Crippen LogP contribution < -0.4 is 10.1 Å². The first kappa shape index (κ1) is 15.3. The SMILES string of the molecule is CCNC(CSc1nnc(C)s1)c1ccc(OC)cc1. The van der Waals surface area contributed by atoms with Crippen molar-refractivity contribution in [1.82, 2.24) is 15.5 Å². The fourth-order valence-corrected chi connectivity index (χ4v) is 3.78. The van der Waals surface area contributed by atoms with Gasteiger partial charge < -0.3 is 10.1 Å². The smallest absolute Gasteiger partial charge is 0.174 e. The summed E-state index contributed by atoms with van der Waals surface area (Å²) in [6, 6.07) is 8.52. The molecule has 2 aromatic rings. The van der Waals surface area contributed by atoms with Crippen molar-refractivity contribution in [3.63, 3.8) is 0 Å². The minimum atomic E-state index is 0.306. The van der Waals surface area contributed by atoms with E-state index in [9.17, 15) is 0 Å². The number of rotatable bonds is 7. The Morgan fingerprint density at radius 1 is 1.30 bits per heavy atom. The number of aromatic nitrogens is 2. The number of methoxy groups -OCH3 is 1. The molecule has 108 valence electrons. The van der Waals surface area contributed by atoms with E-state index in [1.54, 1.807) is 30.2 Å². The third-order valence-corrected chi connectivity index (χ3v) is 4.92. The van der Waals surface area contributed by atoms with Crippen molar-refractivity contribution in [2.45, 2.75) is 24.2 Å². The summed E-state index contributed by atoms with van der Waals surface area (Å²) in [7, 11) is 1.68. The Balaban J connectivity index is 2.01. The molecular weight excluding hydrogens is 290 g/mol. The number of benzene rings is 1. The van der Waals surface area contributed by atoms with Gasteiger partial charge in [-0.05, 0) is 31.2 Å². The summed E-state index contributed by atoms with van der Waals surface area (Å²) >= 11 is 3.39. The molecule has 0 aliphatic carbocycles. The van der Waals surface area contributed by atoms with Gasteiger partial charge in [-0.1, -0.05) is 42.2 Å². The lowest BCUT2D eigenvalue weighted by Crippen LogP contribution is -2.22. The third kappa shape index (κ3) is 4.19. The molecule has 1 heterocycles. The molecule has 1 aromatic carbocycles. The van der Waals surface area contributed by atoms with Gasteiger partial charge in [0.25, 0.3) is 0 Å². The Hall–Kier alpha value is -1.11. The summed E-state index contributed by atoms with van der Waals surface area (Å²) < 4.78 is 6.23. The van der Waals surface area contributed by atoms with Crippen LogP contribution in [0, 0.1) is 6.92 Å². The van der Waals surface area contributed by atoms with Gasteiger partial charge >= 0.3 is 0 Å². The first-order valence-electron chi connectivity index (χ1n) is 6.53. The molecule has 1 unspecified atom stereocenters. The highest BCUT2D eigenvalue weighted by Crippen LogP contribution is 2.27. The van der Waals surface area contributed by atoms with Gasteiger partial charge in [-0.3, -0.25) is 0 Å². The monoisotopic (exact) mass is 309 g/mol. The molecule has 6 heteroatoms. The van der Waals surface area contributed by atoms with Crippen LogP contribution in [0.25, 0.3) is 0 Å². The van der Waals surface area contributed by atoms with Gasteiger partial charge in [-0.15, -0.1) is 10.2 Å². The lowest BCUT2D eigenvalue weighted by Gasteiger charge is -2.17. The molecular formula is C14H19N3OS2. The molecule has 0 spiro atoms. The Morgan fingerprint density at radius 2 is 2.05 bits per heavy atom. The molecule has 0 amide bonds. The Morgan fingerprint density at radius 3 is 2.60 bits per heavy atom. The molecule has 0 saturated heterocycles. The Labute approximate surface area is 128 Å². The third-order valence-electron chi connectivity index (χ3n) is 2.85. The van der Waals surface area contributed by atoms with E-state index in [1.165, 1.54) is 5.56 Å². The minimum Gasteiger partial charge on any atom is -0.497 e. The lowest BCUT2D eigenvalue weighted by atomic mass is 10.1. The van der Waals surface area contributed by atoms with Crippen LogP contribution in [-0.4, -0.2) is 29.6 Å². The van der Waals surface area contributed by atoms with Crippen molar-refractivity contribution in [3.05, 3.63) is 34.8 Å². The first-order chi connectivity index (χ1) is 9.72. The van der Waals surface area contributed by atoms with E-state index in [0.29, 0.717) is 6.04 Å². The Bertz CT molecular complexity index is 527. The zero-order valence-corrected chi connectivity index (χ0v) is 13.6.